The molecule has 0 aromatic carbocycles. The average molecular weight is 294 g/mol. The first-order chi connectivity index (χ1) is 9.72. The second kappa shape index (κ2) is 7.06. The van der Waals surface area contributed by atoms with Crippen LogP contribution in [-0.2, 0) is 4.74 Å². The van der Waals surface area contributed by atoms with E-state index in [-0.39, 0.29) is 12.1 Å². The summed E-state index contributed by atoms with van der Waals surface area (Å²) in [5.74, 6) is 0. The van der Waals surface area contributed by atoms with Crippen LogP contribution in [0.15, 0.2) is 17.6 Å². The van der Waals surface area contributed by atoms with Gasteiger partial charge in [0.15, 0.2) is 0 Å². The Morgan fingerprint density at radius 3 is 2.55 bits per heavy atom. The molecule has 0 bridgehead atoms. The van der Waals surface area contributed by atoms with Gasteiger partial charge in [-0.1, -0.05) is 16.9 Å². The van der Waals surface area contributed by atoms with Gasteiger partial charge in [-0.25, -0.2) is 4.98 Å². The third kappa shape index (κ3) is 3.81. The van der Waals surface area contributed by atoms with E-state index in [0.717, 1.165) is 0 Å². The standard InChI is InChI=1S/C11H14N6O2S/c1-7(6-18-2)19-10-14-8(4-12-16-10)9-5-13-17-11(15-9)20-3/h4-5,7H,6H2,1-3H3. The van der Waals surface area contributed by atoms with Crippen molar-refractivity contribution in [2.75, 3.05) is 20.0 Å². The van der Waals surface area contributed by atoms with E-state index in [0.29, 0.717) is 23.2 Å². The molecule has 106 valence electrons. The van der Waals surface area contributed by atoms with Gasteiger partial charge in [0.05, 0.1) is 19.0 Å². The summed E-state index contributed by atoms with van der Waals surface area (Å²) < 4.78 is 10.5. The molecule has 0 spiro atoms. The summed E-state index contributed by atoms with van der Waals surface area (Å²) in [4.78, 5) is 8.55. The van der Waals surface area contributed by atoms with E-state index in [1.54, 1.807) is 7.11 Å². The van der Waals surface area contributed by atoms with Gasteiger partial charge in [-0.15, -0.1) is 5.10 Å². The van der Waals surface area contributed by atoms with Gasteiger partial charge in [-0.2, -0.15) is 15.2 Å². The molecule has 9 heteroatoms. The Bertz CT molecular complexity index is 570. The van der Waals surface area contributed by atoms with Gasteiger partial charge in [-0.3, -0.25) is 0 Å². The molecule has 0 saturated carbocycles. The molecular weight excluding hydrogens is 280 g/mol. The Labute approximate surface area is 120 Å². The number of nitrogens with zero attached hydrogens (tertiary/aromatic N) is 6. The predicted molar refractivity (Wildman–Crippen MR) is 72.4 cm³/mol. The van der Waals surface area contributed by atoms with Crippen molar-refractivity contribution in [3.63, 3.8) is 0 Å². The Morgan fingerprint density at radius 1 is 1.15 bits per heavy atom. The first kappa shape index (κ1) is 14.5. The van der Waals surface area contributed by atoms with Crippen LogP contribution in [0.3, 0.4) is 0 Å². The third-order valence-corrected chi connectivity index (χ3v) is 2.77. The lowest BCUT2D eigenvalue weighted by Gasteiger charge is -2.11. The molecule has 0 aliphatic rings. The predicted octanol–water partition coefficient (Wildman–Crippen LogP) is 0.859. The number of rotatable bonds is 6. The summed E-state index contributed by atoms with van der Waals surface area (Å²) in [6.45, 7) is 2.30. The highest BCUT2D eigenvalue weighted by atomic mass is 32.2. The molecule has 2 heterocycles. The van der Waals surface area contributed by atoms with E-state index in [1.165, 1.54) is 24.2 Å². The molecule has 0 saturated heterocycles. The summed E-state index contributed by atoms with van der Waals surface area (Å²) in [6, 6.07) is 0.177. The summed E-state index contributed by atoms with van der Waals surface area (Å²) in [7, 11) is 1.60. The summed E-state index contributed by atoms with van der Waals surface area (Å²) in [6.07, 6.45) is 4.73. The van der Waals surface area contributed by atoms with Crippen LogP contribution in [0.4, 0.5) is 0 Å². The first-order valence-electron chi connectivity index (χ1n) is 5.82. The van der Waals surface area contributed by atoms with Crippen LogP contribution in [0.25, 0.3) is 11.4 Å². The molecule has 8 nitrogen and oxygen atoms in total. The van der Waals surface area contributed by atoms with Gasteiger partial charge in [0.2, 0.25) is 5.16 Å². The van der Waals surface area contributed by atoms with Gasteiger partial charge >= 0.3 is 6.01 Å². The minimum Gasteiger partial charge on any atom is -0.457 e. The molecule has 1 atom stereocenters. The molecule has 2 aromatic heterocycles. The highest BCUT2D eigenvalue weighted by molar-refractivity contribution is 7.98. The Balaban J connectivity index is 2.20. The van der Waals surface area contributed by atoms with E-state index in [2.05, 4.69) is 30.4 Å². The SMILES string of the molecule is COCC(C)Oc1nncc(-c2cnnc(SC)n2)n1. The molecule has 0 amide bonds. The average Bonchev–Trinajstić information content (AvgIpc) is 2.48. The van der Waals surface area contributed by atoms with E-state index in [9.17, 15) is 0 Å². The van der Waals surface area contributed by atoms with E-state index >= 15 is 0 Å². The second-order valence-electron chi connectivity index (χ2n) is 3.84. The van der Waals surface area contributed by atoms with E-state index in [1.807, 2.05) is 13.2 Å². The van der Waals surface area contributed by atoms with Gasteiger partial charge in [-0.05, 0) is 13.2 Å². The second-order valence-corrected chi connectivity index (χ2v) is 4.61. The molecule has 0 radical (unpaired) electrons. The van der Waals surface area contributed by atoms with Crippen LogP contribution < -0.4 is 4.74 Å². The minimum absolute atomic E-state index is 0.165. The zero-order chi connectivity index (χ0) is 14.4. The highest BCUT2D eigenvalue weighted by Crippen LogP contribution is 2.16. The normalized spacial score (nSPS) is 12.2. The van der Waals surface area contributed by atoms with Crippen LogP contribution in [0.1, 0.15) is 6.92 Å². The maximum atomic E-state index is 5.49. The third-order valence-electron chi connectivity index (χ3n) is 2.23. The quantitative estimate of drug-likeness (QED) is 0.718. The molecule has 0 aliphatic heterocycles. The Morgan fingerprint density at radius 2 is 1.85 bits per heavy atom. The lowest BCUT2D eigenvalue weighted by molar-refractivity contribution is 0.0848. The van der Waals surface area contributed by atoms with Crippen molar-refractivity contribution in [2.24, 2.45) is 0 Å². The zero-order valence-electron chi connectivity index (χ0n) is 11.3. The van der Waals surface area contributed by atoms with Crippen LogP contribution in [0.5, 0.6) is 6.01 Å². The number of aromatic nitrogens is 6. The summed E-state index contributed by atoms with van der Waals surface area (Å²) in [5.41, 5.74) is 1.10. The van der Waals surface area contributed by atoms with Gasteiger partial charge < -0.3 is 9.47 Å². The van der Waals surface area contributed by atoms with E-state index < -0.39 is 0 Å². The van der Waals surface area contributed by atoms with Crippen molar-refractivity contribution in [3.8, 4) is 17.4 Å². The smallest absolute Gasteiger partial charge is 0.336 e. The van der Waals surface area contributed by atoms with Crippen molar-refractivity contribution in [2.45, 2.75) is 18.2 Å². The molecule has 0 fully saturated rings. The molecular formula is C11H14N6O2S. The number of methoxy groups -OCH3 is 1. The van der Waals surface area contributed by atoms with Crippen molar-refractivity contribution >= 4 is 11.8 Å². The maximum absolute atomic E-state index is 5.49. The van der Waals surface area contributed by atoms with Crippen LogP contribution in [-0.4, -0.2) is 56.4 Å². The van der Waals surface area contributed by atoms with Crippen LogP contribution >= 0.6 is 11.8 Å². The minimum atomic E-state index is -0.165. The van der Waals surface area contributed by atoms with Gasteiger partial charge in [0.1, 0.15) is 17.5 Å². The van der Waals surface area contributed by atoms with Crippen LogP contribution in [0.2, 0.25) is 0 Å². The Hall–Kier alpha value is -1.87. The largest absolute Gasteiger partial charge is 0.457 e. The summed E-state index contributed by atoms with van der Waals surface area (Å²) >= 11 is 1.40. The number of thioether (sulfide) groups is 1. The van der Waals surface area contributed by atoms with Crippen molar-refractivity contribution in [3.05, 3.63) is 12.4 Å². The molecule has 20 heavy (non-hydrogen) atoms. The monoisotopic (exact) mass is 294 g/mol. The number of hydrogen-bond acceptors (Lipinski definition) is 9. The zero-order valence-corrected chi connectivity index (χ0v) is 12.2. The lowest BCUT2D eigenvalue weighted by atomic mass is 10.3. The molecule has 2 aromatic rings. The fourth-order valence-corrected chi connectivity index (χ4v) is 1.72. The molecule has 1 unspecified atom stereocenters. The van der Waals surface area contributed by atoms with Crippen molar-refractivity contribution < 1.29 is 9.47 Å². The first-order valence-corrected chi connectivity index (χ1v) is 7.04. The fraction of sp³-hybridized carbons (Fsp3) is 0.455. The molecule has 0 N–H and O–H groups in total. The fourth-order valence-electron chi connectivity index (χ4n) is 1.41. The topological polar surface area (TPSA) is 95.8 Å². The van der Waals surface area contributed by atoms with E-state index in [4.69, 9.17) is 9.47 Å². The molecule has 2 rings (SSSR count). The van der Waals surface area contributed by atoms with Crippen LogP contribution in [0, 0.1) is 0 Å². The molecule has 0 aliphatic carbocycles. The highest BCUT2D eigenvalue weighted by Gasteiger charge is 2.10. The maximum Gasteiger partial charge on any atom is 0.336 e. The number of ether oxygens (including phenoxy) is 2. The van der Waals surface area contributed by atoms with Gasteiger partial charge in [0.25, 0.3) is 0 Å². The number of hydrogen-bond donors (Lipinski definition) is 0. The lowest BCUT2D eigenvalue weighted by Crippen LogP contribution is -2.19. The summed E-state index contributed by atoms with van der Waals surface area (Å²) in [5, 5.41) is 16.0. The van der Waals surface area contributed by atoms with Crippen molar-refractivity contribution in [1.82, 2.24) is 30.4 Å². The van der Waals surface area contributed by atoms with Gasteiger partial charge in [0, 0.05) is 7.11 Å². The van der Waals surface area contributed by atoms with Crippen molar-refractivity contribution in [1.29, 1.82) is 0 Å². The Kier molecular flexibility index (Phi) is 5.13.